The molecule has 0 bridgehead atoms. The fraction of sp³-hybridized carbons (Fsp3) is 0.190. The lowest BCUT2D eigenvalue weighted by molar-refractivity contribution is 0.0526. The van der Waals surface area contributed by atoms with Crippen LogP contribution in [0.1, 0.15) is 34.2 Å². The summed E-state index contributed by atoms with van der Waals surface area (Å²) in [5.41, 5.74) is 4.51. The van der Waals surface area contributed by atoms with Crippen LogP contribution in [0.15, 0.2) is 59.7 Å². The molecule has 0 N–H and O–H groups in total. The highest BCUT2D eigenvalue weighted by Gasteiger charge is 2.10. The molecule has 26 heavy (non-hydrogen) atoms. The first kappa shape index (κ1) is 17.6. The van der Waals surface area contributed by atoms with Crippen molar-refractivity contribution in [2.45, 2.75) is 20.8 Å². The Morgan fingerprint density at radius 2 is 1.96 bits per heavy atom. The van der Waals surface area contributed by atoms with E-state index in [9.17, 15) is 4.79 Å². The molecule has 0 aliphatic heterocycles. The van der Waals surface area contributed by atoms with E-state index in [1.807, 2.05) is 38.3 Å². The molecule has 2 aromatic heterocycles. The van der Waals surface area contributed by atoms with Gasteiger partial charge < -0.3 is 9.30 Å². The predicted octanol–water partition coefficient (Wildman–Crippen LogP) is 4.42. The lowest BCUT2D eigenvalue weighted by atomic mass is 10.2. The second kappa shape index (κ2) is 7.78. The standard InChI is InChI=1S/C21H21N3O2/c1-4-26-21(25)17-8-10-19(11-9-17)23-14-18-13-15(2)24(16(18)3)20-7-5-6-12-22-20/h5-14H,4H2,1-3H3. The Hall–Kier alpha value is -3.21. The Balaban J connectivity index is 1.82. The summed E-state index contributed by atoms with van der Waals surface area (Å²) < 4.78 is 7.09. The number of esters is 1. The van der Waals surface area contributed by atoms with Crippen molar-refractivity contribution in [3.63, 3.8) is 0 Å². The molecule has 0 radical (unpaired) electrons. The van der Waals surface area contributed by atoms with Crippen LogP contribution in [0.3, 0.4) is 0 Å². The number of benzene rings is 1. The van der Waals surface area contributed by atoms with Crippen LogP contribution in [-0.4, -0.2) is 28.3 Å². The number of nitrogens with zero attached hydrogens (tertiary/aromatic N) is 3. The van der Waals surface area contributed by atoms with E-state index in [4.69, 9.17) is 4.74 Å². The smallest absolute Gasteiger partial charge is 0.338 e. The van der Waals surface area contributed by atoms with E-state index in [-0.39, 0.29) is 5.97 Å². The zero-order valence-corrected chi connectivity index (χ0v) is 15.1. The summed E-state index contributed by atoms with van der Waals surface area (Å²) in [4.78, 5) is 20.6. The van der Waals surface area contributed by atoms with Crippen LogP contribution in [0.4, 0.5) is 5.69 Å². The number of carbonyl (C=O) groups is 1. The summed E-state index contributed by atoms with van der Waals surface area (Å²) in [5.74, 6) is 0.572. The van der Waals surface area contributed by atoms with Crippen LogP contribution in [0.25, 0.3) is 5.82 Å². The topological polar surface area (TPSA) is 56.5 Å². The molecule has 2 heterocycles. The van der Waals surface area contributed by atoms with E-state index in [0.717, 1.165) is 28.5 Å². The summed E-state index contributed by atoms with van der Waals surface area (Å²) in [6.07, 6.45) is 3.62. The van der Waals surface area contributed by atoms with Crippen LogP contribution in [0.2, 0.25) is 0 Å². The maximum absolute atomic E-state index is 11.7. The van der Waals surface area contributed by atoms with Gasteiger partial charge in [0.2, 0.25) is 0 Å². The molecule has 0 saturated carbocycles. The zero-order valence-electron chi connectivity index (χ0n) is 15.1. The molecule has 0 saturated heterocycles. The van der Waals surface area contributed by atoms with Crippen LogP contribution in [-0.2, 0) is 4.74 Å². The Bertz CT molecular complexity index is 926. The number of ether oxygens (including phenoxy) is 1. The van der Waals surface area contributed by atoms with Crippen molar-refractivity contribution in [2.75, 3.05) is 6.61 Å². The minimum atomic E-state index is -0.318. The van der Waals surface area contributed by atoms with Crippen LogP contribution < -0.4 is 0 Å². The Morgan fingerprint density at radius 1 is 1.19 bits per heavy atom. The molecular weight excluding hydrogens is 326 g/mol. The third-order valence-corrected chi connectivity index (χ3v) is 4.08. The summed E-state index contributed by atoms with van der Waals surface area (Å²) in [6.45, 7) is 6.25. The van der Waals surface area contributed by atoms with Crippen molar-refractivity contribution in [3.05, 3.63) is 77.2 Å². The van der Waals surface area contributed by atoms with Gasteiger partial charge in [0, 0.05) is 29.4 Å². The molecule has 0 fully saturated rings. The Labute approximate surface area is 153 Å². The molecule has 5 heteroatoms. The minimum Gasteiger partial charge on any atom is -0.462 e. The normalized spacial score (nSPS) is 11.0. The highest BCUT2D eigenvalue weighted by Crippen LogP contribution is 2.19. The van der Waals surface area contributed by atoms with Crippen LogP contribution in [0, 0.1) is 13.8 Å². The lowest BCUT2D eigenvalue weighted by Gasteiger charge is -2.07. The highest BCUT2D eigenvalue weighted by molar-refractivity contribution is 5.90. The van der Waals surface area contributed by atoms with Gasteiger partial charge in [0.1, 0.15) is 5.82 Å². The van der Waals surface area contributed by atoms with E-state index in [2.05, 4.69) is 20.6 Å². The van der Waals surface area contributed by atoms with Crippen molar-refractivity contribution < 1.29 is 9.53 Å². The fourth-order valence-corrected chi connectivity index (χ4v) is 2.80. The third kappa shape index (κ3) is 3.72. The first-order valence-corrected chi connectivity index (χ1v) is 8.51. The number of hydrogen-bond donors (Lipinski definition) is 0. The van der Waals surface area contributed by atoms with Gasteiger partial charge in [-0.1, -0.05) is 6.07 Å². The van der Waals surface area contributed by atoms with Gasteiger partial charge in [0.15, 0.2) is 0 Å². The fourth-order valence-electron chi connectivity index (χ4n) is 2.80. The van der Waals surface area contributed by atoms with Crippen molar-refractivity contribution in [3.8, 4) is 5.82 Å². The van der Waals surface area contributed by atoms with E-state index in [1.165, 1.54) is 0 Å². The van der Waals surface area contributed by atoms with Gasteiger partial charge in [0.25, 0.3) is 0 Å². The van der Waals surface area contributed by atoms with E-state index in [0.29, 0.717) is 12.2 Å². The van der Waals surface area contributed by atoms with Crippen molar-refractivity contribution in [1.29, 1.82) is 0 Å². The second-order valence-electron chi connectivity index (χ2n) is 5.88. The lowest BCUT2D eigenvalue weighted by Crippen LogP contribution is -2.03. The molecule has 0 unspecified atom stereocenters. The third-order valence-electron chi connectivity index (χ3n) is 4.08. The van der Waals surface area contributed by atoms with Crippen molar-refractivity contribution in [2.24, 2.45) is 4.99 Å². The molecule has 0 amide bonds. The monoisotopic (exact) mass is 347 g/mol. The number of aryl methyl sites for hydroxylation is 1. The molecule has 0 aliphatic rings. The van der Waals surface area contributed by atoms with Gasteiger partial charge in [-0.25, -0.2) is 9.78 Å². The largest absolute Gasteiger partial charge is 0.462 e. The SMILES string of the molecule is CCOC(=O)c1ccc(N=Cc2cc(C)n(-c3ccccn3)c2C)cc1. The number of aromatic nitrogens is 2. The minimum absolute atomic E-state index is 0.318. The average molecular weight is 347 g/mol. The molecule has 1 aromatic carbocycles. The summed E-state index contributed by atoms with van der Waals surface area (Å²) in [6, 6.07) is 15.0. The van der Waals surface area contributed by atoms with Gasteiger partial charge in [-0.3, -0.25) is 4.99 Å². The molecule has 0 aliphatic carbocycles. The van der Waals surface area contributed by atoms with E-state index >= 15 is 0 Å². The molecule has 132 valence electrons. The Morgan fingerprint density at radius 3 is 2.62 bits per heavy atom. The number of aliphatic imine (C=N–C) groups is 1. The predicted molar refractivity (Wildman–Crippen MR) is 103 cm³/mol. The zero-order chi connectivity index (χ0) is 18.5. The van der Waals surface area contributed by atoms with Crippen molar-refractivity contribution >= 4 is 17.9 Å². The summed E-state index contributed by atoms with van der Waals surface area (Å²) >= 11 is 0. The van der Waals surface area contributed by atoms with Gasteiger partial charge >= 0.3 is 5.97 Å². The Kier molecular flexibility index (Phi) is 5.27. The first-order valence-electron chi connectivity index (χ1n) is 8.51. The molecule has 5 nitrogen and oxygen atoms in total. The van der Waals surface area contributed by atoms with Crippen LogP contribution in [0.5, 0.6) is 0 Å². The van der Waals surface area contributed by atoms with Gasteiger partial charge in [0.05, 0.1) is 17.9 Å². The molecule has 3 rings (SSSR count). The molecule has 0 spiro atoms. The van der Waals surface area contributed by atoms with Gasteiger partial charge in [-0.2, -0.15) is 0 Å². The van der Waals surface area contributed by atoms with E-state index < -0.39 is 0 Å². The highest BCUT2D eigenvalue weighted by atomic mass is 16.5. The number of pyridine rings is 1. The number of carbonyl (C=O) groups excluding carboxylic acids is 1. The molecule has 0 atom stereocenters. The van der Waals surface area contributed by atoms with E-state index in [1.54, 1.807) is 37.4 Å². The quantitative estimate of drug-likeness (QED) is 0.507. The van der Waals surface area contributed by atoms with Crippen LogP contribution >= 0.6 is 0 Å². The maximum Gasteiger partial charge on any atom is 0.338 e. The maximum atomic E-state index is 11.7. The first-order chi connectivity index (χ1) is 12.6. The molecular formula is C21H21N3O2. The van der Waals surface area contributed by atoms with Gasteiger partial charge in [-0.05, 0) is 63.2 Å². The summed E-state index contributed by atoms with van der Waals surface area (Å²) in [5, 5.41) is 0. The van der Waals surface area contributed by atoms with Gasteiger partial charge in [-0.15, -0.1) is 0 Å². The molecule has 3 aromatic rings. The second-order valence-corrected chi connectivity index (χ2v) is 5.88. The van der Waals surface area contributed by atoms with Crippen molar-refractivity contribution in [1.82, 2.24) is 9.55 Å². The number of rotatable bonds is 5. The number of hydrogen-bond acceptors (Lipinski definition) is 4. The summed E-state index contributed by atoms with van der Waals surface area (Å²) in [7, 11) is 0. The average Bonchev–Trinajstić information content (AvgIpc) is 2.95.